The molecule has 6 nitrogen and oxygen atoms in total. The summed E-state index contributed by atoms with van der Waals surface area (Å²) in [7, 11) is 0. The molecule has 0 bridgehead atoms. The highest BCUT2D eigenvalue weighted by molar-refractivity contribution is 6.06. The van der Waals surface area contributed by atoms with E-state index in [0.717, 1.165) is 36.3 Å². The highest BCUT2D eigenvalue weighted by Gasteiger charge is 2.22. The molecule has 0 unspecified atom stereocenters. The molecule has 0 saturated carbocycles. The first-order chi connectivity index (χ1) is 12.2. The van der Waals surface area contributed by atoms with Gasteiger partial charge in [-0.1, -0.05) is 12.1 Å². The maximum Gasteiger partial charge on any atom is 0.321 e. The number of rotatable bonds is 3. The zero-order valence-electron chi connectivity index (χ0n) is 13.8. The molecule has 0 radical (unpaired) electrons. The number of anilines is 3. The van der Waals surface area contributed by atoms with Gasteiger partial charge >= 0.3 is 6.03 Å². The fourth-order valence-corrected chi connectivity index (χ4v) is 3.39. The van der Waals surface area contributed by atoms with Gasteiger partial charge < -0.3 is 16.0 Å². The van der Waals surface area contributed by atoms with Crippen molar-refractivity contribution in [3.8, 4) is 0 Å². The van der Waals surface area contributed by atoms with Gasteiger partial charge in [-0.3, -0.25) is 9.69 Å². The van der Waals surface area contributed by atoms with Crippen LogP contribution in [0.1, 0.15) is 22.3 Å². The number of carbonyl (C=O) groups excluding carboxylic acids is 2. The van der Waals surface area contributed by atoms with Crippen LogP contribution in [0.4, 0.5) is 21.9 Å². The second-order valence-electron chi connectivity index (χ2n) is 6.25. The molecule has 128 valence electrons. The van der Waals surface area contributed by atoms with E-state index in [1.165, 1.54) is 0 Å². The predicted octanol–water partition coefficient (Wildman–Crippen LogP) is 2.83. The van der Waals surface area contributed by atoms with Crippen LogP contribution in [0.3, 0.4) is 0 Å². The normalized spacial score (nSPS) is 16.0. The molecule has 2 aliphatic rings. The third-order valence-electron chi connectivity index (χ3n) is 4.61. The Bertz CT molecular complexity index is 834. The number of amides is 3. The van der Waals surface area contributed by atoms with Crippen LogP contribution >= 0.6 is 0 Å². The average molecular weight is 336 g/mol. The van der Waals surface area contributed by atoms with Crippen LogP contribution in [0.15, 0.2) is 42.5 Å². The zero-order valence-corrected chi connectivity index (χ0v) is 13.8. The van der Waals surface area contributed by atoms with Gasteiger partial charge in [0.2, 0.25) is 0 Å². The number of hydrogen-bond acceptors (Lipinski definition) is 3. The van der Waals surface area contributed by atoms with E-state index in [4.69, 9.17) is 0 Å². The standard InChI is InChI=1S/C19H20N4O2/c24-18(16-6-2-8-17-15(16)7-3-9-20-17)22-13-4-1-5-14(12-13)23-11-10-21-19(23)25/h1-2,4-6,8,12,20H,3,7,9-11H2,(H,21,25)(H,22,24). The lowest BCUT2D eigenvalue weighted by molar-refractivity contribution is 0.102. The number of nitrogens with zero attached hydrogens (tertiary/aromatic N) is 1. The zero-order chi connectivity index (χ0) is 17.2. The largest absolute Gasteiger partial charge is 0.385 e. The van der Waals surface area contributed by atoms with Crippen molar-refractivity contribution in [3.63, 3.8) is 0 Å². The van der Waals surface area contributed by atoms with Crippen LogP contribution < -0.4 is 20.9 Å². The minimum absolute atomic E-state index is 0.105. The highest BCUT2D eigenvalue weighted by atomic mass is 16.2. The summed E-state index contributed by atoms with van der Waals surface area (Å²) in [5.41, 5.74) is 4.28. The van der Waals surface area contributed by atoms with Gasteiger partial charge in [0, 0.05) is 42.3 Å². The molecule has 2 heterocycles. The van der Waals surface area contributed by atoms with Crippen molar-refractivity contribution in [2.24, 2.45) is 0 Å². The Morgan fingerprint density at radius 3 is 2.80 bits per heavy atom. The number of fused-ring (bicyclic) bond motifs is 1. The summed E-state index contributed by atoms with van der Waals surface area (Å²) in [6.07, 6.45) is 1.93. The summed E-state index contributed by atoms with van der Waals surface area (Å²) >= 11 is 0. The van der Waals surface area contributed by atoms with Gasteiger partial charge in [0.25, 0.3) is 5.91 Å². The Morgan fingerprint density at radius 1 is 1.08 bits per heavy atom. The lowest BCUT2D eigenvalue weighted by atomic mass is 9.97. The maximum atomic E-state index is 12.8. The van der Waals surface area contributed by atoms with Crippen LogP contribution in [0.25, 0.3) is 0 Å². The minimum atomic E-state index is -0.122. The summed E-state index contributed by atoms with van der Waals surface area (Å²) in [4.78, 5) is 26.2. The molecule has 25 heavy (non-hydrogen) atoms. The van der Waals surface area contributed by atoms with E-state index in [9.17, 15) is 9.59 Å². The summed E-state index contributed by atoms with van der Waals surface area (Å²) in [5.74, 6) is -0.122. The van der Waals surface area contributed by atoms with Gasteiger partial charge in [-0.25, -0.2) is 4.79 Å². The Kier molecular flexibility index (Phi) is 4.01. The number of urea groups is 1. The van der Waals surface area contributed by atoms with Gasteiger partial charge in [0.1, 0.15) is 0 Å². The Hall–Kier alpha value is -3.02. The van der Waals surface area contributed by atoms with Gasteiger partial charge in [0.05, 0.1) is 0 Å². The van der Waals surface area contributed by atoms with Crippen LogP contribution in [0.5, 0.6) is 0 Å². The lowest BCUT2D eigenvalue weighted by Gasteiger charge is -2.21. The van der Waals surface area contributed by atoms with Crippen molar-refractivity contribution in [1.82, 2.24) is 5.32 Å². The molecular weight excluding hydrogens is 316 g/mol. The highest BCUT2D eigenvalue weighted by Crippen LogP contribution is 2.27. The number of carbonyl (C=O) groups is 2. The Labute approximate surface area is 146 Å². The molecule has 0 atom stereocenters. The van der Waals surface area contributed by atoms with Crippen molar-refractivity contribution in [1.29, 1.82) is 0 Å². The SMILES string of the molecule is O=C(Nc1cccc(N2CCNC2=O)c1)c1cccc2c1CCCN2. The van der Waals surface area contributed by atoms with Crippen LogP contribution in [-0.4, -0.2) is 31.6 Å². The van der Waals surface area contributed by atoms with Crippen molar-refractivity contribution in [2.45, 2.75) is 12.8 Å². The van der Waals surface area contributed by atoms with Crippen molar-refractivity contribution >= 4 is 29.0 Å². The summed E-state index contributed by atoms with van der Waals surface area (Å²) in [6.45, 7) is 2.21. The van der Waals surface area contributed by atoms with E-state index in [0.29, 0.717) is 24.3 Å². The van der Waals surface area contributed by atoms with E-state index in [-0.39, 0.29) is 11.9 Å². The average Bonchev–Trinajstić information content (AvgIpc) is 3.07. The molecule has 0 aliphatic carbocycles. The van der Waals surface area contributed by atoms with Crippen molar-refractivity contribution < 1.29 is 9.59 Å². The maximum absolute atomic E-state index is 12.8. The first-order valence-corrected chi connectivity index (χ1v) is 8.55. The lowest BCUT2D eigenvalue weighted by Crippen LogP contribution is -2.27. The van der Waals surface area contributed by atoms with E-state index in [2.05, 4.69) is 16.0 Å². The Morgan fingerprint density at radius 2 is 1.96 bits per heavy atom. The third kappa shape index (κ3) is 3.03. The van der Waals surface area contributed by atoms with Crippen LogP contribution in [0, 0.1) is 0 Å². The van der Waals surface area contributed by atoms with Crippen LogP contribution in [-0.2, 0) is 6.42 Å². The predicted molar refractivity (Wildman–Crippen MR) is 98.4 cm³/mol. The molecule has 0 spiro atoms. The smallest absolute Gasteiger partial charge is 0.321 e. The molecule has 6 heteroatoms. The Balaban J connectivity index is 1.56. The summed E-state index contributed by atoms with van der Waals surface area (Å²) < 4.78 is 0. The third-order valence-corrected chi connectivity index (χ3v) is 4.61. The first-order valence-electron chi connectivity index (χ1n) is 8.55. The number of benzene rings is 2. The second kappa shape index (κ2) is 6.47. The minimum Gasteiger partial charge on any atom is -0.385 e. The van der Waals surface area contributed by atoms with E-state index < -0.39 is 0 Å². The number of nitrogens with one attached hydrogen (secondary N) is 3. The fraction of sp³-hybridized carbons (Fsp3) is 0.263. The van der Waals surface area contributed by atoms with Gasteiger partial charge in [-0.15, -0.1) is 0 Å². The van der Waals surface area contributed by atoms with Gasteiger partial charge in [-0.2, -0.15) is 0 Å². The molecule has 1 fully saturated rings. The molecular formula is C19H20N4O2. The molecule has 1 saturated heterocycles. The first kappa shape index (κ1) is 15.5. The molecule has 2 aromatic carbocycles. The fourth-order valence-electron chi connectivity index (χ4n) is 3.39. The van der Waals surface area contributed by atoms with Crippen LogP contribution in [0.2, 0.25) is 0 Å². The van der Waals surface area contributed by atoms with Crippen molar-refractivity contribution in [2.75, 3.05) is 35.2 Å². The monoisotopic (exact) mass is 336 g/mol. The summed E-state index contributed by atoms with van der Waals surface area (Å²) in [6, 6.07) is 13.0. The van der Waals surface area contributed by atoms with E-state index >= 15 is 0 Å². The molecule has 2 aliphatic heterocycles. The van der Waals surface area contributed by atoms with E-state index in [1.54, 1.807) is 4.90 Å². The number of hydrogen-bond donors (Lipinski definition) is 3. The molecule has 4 rings (SSSR count). The van der Waals surface area contributed by atoms with Gasteiger partial charge in [0.15, 0.2) is 0 Å². The molecule has 0 aromatic heterocycles. The molecule has 3 N–H and O–H groups in total. The second-order valence-corrected chi connectivity index (χ2v) is 6.25. The van der Waals surface area contributed by atoms with E-state index in [1.807, 2.05) is 42.5 Å². The molecule has 3 amide bonds. The van der Waals surface area contributed by atoms with Crippen molar-refractivity contribution in [3.05, 3.63) is 53.6 Å². The summed E-state index contributed by atoms with van der Waals surface area (Å²) in [5, 5.41) is 9.08. The topological polar surface area (TPSA) is 73.5 Å². The quantitative estimate of drug-likeness (QED) is 0.807. The molecule has 2 aromatic rings. The van der Waals surface area contributed by atoms with Gasteiger partial charge in [-0.05, 0) is 48.7 Å².